The summed E-state index contributed by atoms with van der Waals surface area (Å²) in [6, 6.07) is 0.212. The number of hydrogen-bond acceptors (Lipinski definition) is 8. The van der Waals surface area contributed by atoms with Crippen LogP contribution in [0, 0.1) is 13.8 Å². The third kappa shape index (κ3) is 3.97. The molecule has 0 bridgehead atoms. The van der Waals surface area contributed by atoms with E-state index in [1.54, 1.807) is 25.7 Å². The van der Waals surface area contributed by atoms with Crippen molar-refractivity contribution in [2.45, 2.75) is 56.2 Å². The van der Waals surface area contributed by atoms with Gasteiger partial charge in [0, 0.05) is 18.7 Å². The van der Waals surface area contributed by atoms with E-state index in [4.69, 9.17) is 4.74 Å². The summed E-state index contributed by atoms with van der Waals surface area (Å²) in [5, 5.41) is 8.39. The van der Waals surface area contributed by atoms with Gasteiger partial charge in [0.25, 0.3) is 0 Å². The zero-order valence-electron chi connectivity index (χ0n) is 16.4. The van der Waals surface area contributed by atoms with Crippen molar-refractivity contribution in [3.8, 4) is 0 Å². The Kier molecular flexibility index (Phi) is 5.90. The van der Waals surface area contributed by atoms with Crippen LogP contribution in [0.25, 0.3) is 0 Å². The Labute approximate surface area is 171 Å². The fourth-order valence-electron chi connectivity index (χ4n) is 3.04. The molecule has 0 spiro atoms. The van der Waals surface area contributed by atoms with Crippen LogP contribution in [0.5, 0.6) is 0 Å². The summed E-state index contributed by atoms with van der Waals surface area (Å²) in [6.45, 7) is 6.77. The molecule has 2 aromatic rings. The van der Waals surface area contributed by atoms with E-state index in [9.17, 15) is 14.4 Å². The average Bonchev–Trinajstić information content (AvgIpc) is 3.29. The van der Waals surface area contributed by atoms with Crippen molar-refractivity contribution in [1.29, 1.82) is 0 Å². The number of amides is 1. The molecule has 0 radical (unpaired) electrons. The number of aromatic nitrogens is 3. The van der Waals surface area contributed by atoms with E-state index in [0.717, 1.165) is 12.8 Å². The second kappa shape index (κ2) is 8.04. The van der Waals surface area contributed by atoms with Gasteiger partial charge in [0.1, 0.15) is 0 Å². The monoisotopic (exact) mass is 422 g/mol. The summed E-state index contributed by atoms with van der Waals surface area (Å²) >= 11 is 2.60. The van der Waals surface area contributed by atoms with Gasteiger partial charge in [-0.05, 0) is 39.2 Å². The van der Waals surface area contributed by atoms with E-state index < -0.39 is 11.2 Å². The van der Waals surface area contributed by atoms with Crippen molar-refractivity contribution in [3.63, 3.8) is 0 Å². The molecule has 1 atom stereocenters. The first-order valence-corrected chi connectivity index (χ1v) is 10.6. The maximum absolute atomic E-state index is 12.9. The molecule has 2 aromatic heterocycles. The Morgan fingerprint density at radius 2 is 1.96 bits per heavy atom. The molecule has 1 aliphatic carbocycles. The van der Waals surface area contributed by atoms with Gasteiger partial charge >= 0.3 is 5.97 Å². The number of Topliss-reactive ketones (excluding diaryl/α,β-unsaturated/α-hetero) is 1. The van der Waals surface area contributed by atoms with E-state index in [-0.39, 0.29) is 17.7 Å². The molecule has 1 unspecified atom stereocenters. The highest BCUT2D eigenvalue weighted by molar-refractivity contribution is 8.02. The molecular formula is C18H22N4O4S2. The molecular weight excluding hydrogens is 400 g/mol. The van der Waals surface area contributed by atoms with Crippen LogP contribution in [0.1, 0.15) is 58.8 Å². The number of H-pyrrole nitrogens is 1. The molecule has 0 aliphatic heterocycles. The number of aromatic amines is 1. The predicted molar refractivity (Wildman–Crippen MR) is 107 cm³/mol. The average molecular weight is 423 g/mol. The Morgan fingerprint density at radius 3 is 2.54 bits per heavy atom. The second-order valence-corrected chi connectivity index (χ2v) is 9.26. The van der Waals surface area contributed by atoms with Crippen LogP contribution < -0.4 is 4.90 Å². The van der Waals surface area contributed by atoms with E-state index in [1.165, 1.54) is 37.1 Å². The topological polar surface area (TPSA) is 105 Å². The SMILES string of the molecule is COC(=O)c1c(C)[nH]c(C(=O)C(C)Sc2nnc(N(C(C)=O)C3CC3)s2)c1C. The zero-order chi connectivity index (χ0) is 20.6. The third-order valence-electron chi connectivity index (χ3n) is 4.57. The Bertz CT molecular complexity index is 932. The lowest BCUT2D eigenvalue weighted by atomic mass is 10.1. The van der Waals surface area contributed by atoms with Crippen molar-refractivity contribution in [2.24, 2.45) is 0 Å². The molecule has 1 fully saturated rings. The minimum Gasteiger partial charge on any atom is -0.465 e. The van der Waals surface area contributed by atoms with Gasteiger partial charge in [-0.1, -0.05) is 23.1 Å². The van der Waals surface area contributed by atoms with Gasteiger partial charge in [-0.2, -0.15) is 0 Å². The number of nitrogens with zero attached hydrogens (tertiary/aromatic N) is 3. The first kappa shape index (κ1) is 20.5. The van der Waals surface area contributed by atoms with Crippen LogP contribution in [0.3, 0.4) is 0 Å². The van der Waals surface area contributed by atoms with E-state index in [1.807, 2.05) is 0 Å². The minimum absolute atomic E-state index is 0.0489. The summed E-state index contributed by atoms with van der Waals surface area (Å²) in [7, 11) is 1.31. The molecule has 0 aromatic carbocycles. The highest BCUT2D eigenvalue weighted by Gasteiger charge is 2.34. The van der Waals surface area contributed by atoms with Crippen LogP contribution >= 0.6 is 23.1 Å². The molecule has 1 aliphatic rings. The van der Waals surface area contributed by atoms with Crippen molar-refractivity contribution >= 4 is 45.9 Å². The fraction of sp³-hybridized carbons (Fsp3) is 0.500. The summed E-state index contributed by atoms with van der Waals surface area (Å²) in [5.74, 6) is -0.654. The first-order chi connectivity index (χ1) is 13.2. The van der Waals surface area contributed by atoms with E-state index >= 15 is 0 Å². The third-order valence-corrected chi connectivity index (χ3v) is 6.68. The van der Waals surface area contributed by atoms with Gasteiger partial charge in [0.05, 0.1) is 23.6 Å². The normalized spacial score (nSPS) is 14.6. The molecule has 150 valence electrons. The maximum Gasteiger partial charge on any atom is 0.339 e. The number of hydrogen-bond donors (Lipinski definition) is 1. The van der Waals surface area contributed by atoms with Gasteiger partial charge in [-0.15, -0.1) is 10.2 Å². The standard InChI is InChI=1S/C18H22N4O4S2/c1-8-13(16(25)26-5)9(2)19-14(8)15(24)10(3)27-18-21-20-17(28-18)22(11(4)23)12-6-7-12/h10,12,19H,6-7H2,1-5H3. The number of carbonyl (C=O) groups excluding carboxylic acids is 3. The number of carbonyl (C=O) groups is 3. The summed E-state index contributed by atoms with van der Waals surface area (Å²) in [5.41, 5.74) is 1.97. The second-order valence-electron chi connectivity index (χ2n) is 6.71. The van der Waals surface area contributed by atoms with Crippen molar-refractivity contribution in [3.05, 3.63) is 22.5 Å². The Morgan fingerprint density at radius 1 is 1.29 bits per heavy atom. The fourth-order valence-corrected chi connectivity index (χ4v) is 5.20. The predicted octanol–water partition coefficient (Wildman–Crippen LogP) is 3.15. The van der Waals surface area contributed by atoms with Crippen molar-refractivity contribution in [1.82, 2.24) is 15.2 Å². The van der Waals surface area contributed by atoms with Gasteiger partial charge in [-0.25, -0.2) is 4.79 Å². The summed E-state index contributed by atoms with van der Waals surface area (Å²) in [6.07, 6.45) is 1.95. The quantitative estimate of drug-likeness (QED) is 0.316. The van der Waals surface area contributed by atoms with Crippen LogP contribution in [0.15, 0.2) is 4.34 Å². The van der Waals surface area contributed by atoms with Crippen molar-refractivity contribution < 1.29 is 19.1 Å². The summed E-state index contributed by atoms with van der Waals surface area (Å²) in [4.78, 5) is 41.4. The van der Waals surface area contributed by atoms with E-state index in [2.05, 4.69) is 15.2 Å². The zero-order valence-corrected chi connectivity index (χ0v) is 18.0. The number of esters is 1. The lowest BCUT2D eigenvalue weighted by molar-refractivity contribution is -0.116. The number of thioether (sulfide) groups is 1. The molecule has 8 nitrogen and oxygen atoms in total. The van der Waals surface area contributed by atoms with Gasteiger partial charge < -0.3 is 9.72 Å². The number of ketones is 1. The molecule has 1 saturated carbocycles. The number of rotatable bonds is 7. The van der Waals surface area contributed by atoms with E-state index in [0.29, 0.717) is 32.0 Å². The molecule has 2 heterocycles. The molecule has 28 heavy (non-hydrogen) atoms. The lowest BCUT2D eigenvalue weighted by Gasteiger charge is -2.15. The number of anilines is 1. The number of aryl methyl sites for hydroxylation is 1. The van der Waals surface area contributed by atoms with Crippen LogP contribution in [-0.4, -0.2) is 51.2 Å². The lowest BCUT2D eigenvalue weighted by Crippen LogP contribution is -2.30. The highest BCUT2D eigenvalue weighted by Crippen LogP contribution is 2.37. The first-order valence-electron chi connectivity index (χ1n) is 8.86. The van der Waals surface area contributed by atoms with Crippen LogP contribution in [0.4, 0.5) is 5.13 Å². The molecule has 10 heteroatoms. The Hall–Kier alpha value is -2.20. The summed E-state index contributed by atoms with van der Waals surface area (Å²) < 4.78 is 5.41. The molecule has 3 rings (SSSR count). The van der Waals surface area contributed by atoms with Crippen molar-refractivity contribution in [2.75, 3.05) is 12.0 Å². The molecule has 1 amide bonds. The maximum atomic E-state index is 12.9. The smallest absolute Gasteiger partial charge is 0.339 e. The van der Waals surface area contributed by atoms with Gasteiger partial charge in [0.2, 0.25) is 11.0 Å². The molecule has 0 saturated heterocycles. The molecule has 1 N–H and O–H groups in total. The number of ether oxygens (including phenoxy) is 1. The highest BCUT2D eigenvalue weighted by atomic mass is 32.2. The van der Waals surface area contributed by atoms with Gasteiger partial charge in [0.15, 0.2) is 10.1 Å². The Balaban J connectivity index is 1.75. The van der Waals surface area contributed by atoms with Gasteiger partial charge in [-0.3, -0.25) is 14.5 Å². The van der Waals surface area contributed by atoms with Crippen LogP contribution in [-0.2, 0) is 9.53 Å². The largest absolute Gasteiger partial charge is 0.465 e. The van der Waals surface area contributed by atoms with Crippen LogP contribution in [0.2, 0.25) is 0 Å². The minimum atomic E-state index is -0.469. The number of nitrogens with one attached hydrogen (secondary N) is 1. The number of methoxy groups -OCH3 is 1.